The molecule has 2 bridgehead atoms. The van der Waals surface area contributed by atoms with Crippen LogP contribution >= 0.6 is 0 Å². The summed E-state index contributed by atoms with van der Waals surface area (Å²) in [5, 5.41) is 4.35. The Labute approximate surface area is 124 Å². The fourth-order valence-corrected chi connectivity index (χ4v) is 6.22. The number of nitrogens with zero attached hydrogens (tertiary/aromatic N) is 1. The molecule has 0 radical (unpaired) electrons. The average Bonchev–Trinajstić information content (AvgIpc) is 2.81. The molecular weight excluding hydrogens is 284 g/mol. The molecule has 5 heteroatoms. The van der Waals surface area contributed by atoms with E-state index in [2.05, 4.69) is 9.93 Å². The Hall–Kier alpha value is -1.36. The maximum atomic E-state index is 12.3. The second-order valence-corrected chi connectivity index (χ2v) is 8.79. The van der Waals surface area contributed by atoms with E-state index in [9.17, 15) is 8.42 Å². The molecular formula is C16H18N2O2S. The van der Waals surface area contributed by atoms with Crippen LogP contribution in [0.4, 0.5) is 0 Å². The van der Waals surface area contributed by atoms with Gasteiger partial charge in [0.1, 0.15) is 0 Å². The Morgan fingerprint density at radius 1 is 1.14 bits per heavy atom. The third-order valence-corrected chi connectivity index (χ3v) is 7.39. The number of sulfonamides is 1. The van der Waals surface area contributed by atoms with Gasteiger partial charge in [-0.25, -0.2) is 4.83 Å². The molecule has 0 spiro atoms. The van der Waals surface area contributed by atoms with E-state index in [0.717, 1.165) is 34.9 Å². The average molecular weight is 302 g/mol. The van der Waals surface area contributed by atoms with Crippen LogP contribution in [-0.2, 0) is 10.0 Å². The van der Waals surface area contributed by atoms with Crippen LogP contribution in [-0.4, -0.2) is 14.1 Å². The Morgan fingerprint density at radius 3 is 2.52 bits per heavy atom. The summed E-state index contributed by atoms with van der Waals surface area (Å²) in [6.45, 7) is 1.94. The van der Waals surface area contributed by atoms with E-state index in [1.54, 1.807) is 12.1 Å². The summed E-state index contributed by atoms with van der Waals surface area (Å²) in [5.41, 5.74) is 2.20. The topological polar surface area (TPSA) is 58.5 Å². The molecule has 0 heterocycles. The first-order valence-electron chi connectivity index (χ1n) is 7.72. The van der Waals surface area contributed by atoms with E-state index in [-0.39, 0.29) is 4.90 Å². The zero-order valence-electron chi connectivity index (χ0n) is 11.9. The molecule has 0 aliphatic heterocycles. The van der Waals surface area contributed by atoms with Gasteiger partial charge >= 0.3 is 0 Å². The molecule has 5 rings (SSSR count). The Balaban J connectivity index is 1.41. The van der Waals surface area contributed by atoms with Gasteiger partial charge in [-0.2, -0.15) is 13.5 Å². The second-order valence-electron chi connectivity index (χ2n) is 7.13. The number of aryl methyl sites for hydroxylation is 1. The predicted molar refractivity (Wildman–Crippen MR) is 79.1 cm³/mol. The summed E-state index contributed by atoms with van der Waals surface area (Å²) in [6.07, 6.45) is 2.60. The van der Waals surface area contributed by atoms with Crippen molar-refractivity contribution in [2.24, 2.45) is 40.6 Å². The van der Waals surface area contributed by atoms with Crippen LogP contribution in [0.15, 0.2) is 34.3 Å². The maximum absolute atomic E-state index is 12.3. The molecule has 21 heavy (non-hydrogen) atoms. The van der Waals surface area contributed by atoms with Crippen molar-refractivity contribution in [3.8, 4) is 0 Å². The van der Waals surface area contributed by atoms with Crippen molar-refractivity contribution in [3.05, 3.63) is 29.8 Å². The smallest absolute Gasteiger partial charge is 0.200 e. The van der Waals surface area contributed by atoms with Gasteiger partial charge in [0, 0.05) is 17.5 Å². The first-order valence-corrected chi connectivity index (χ1v) is 9.20. The highest BCUT2D eigenvalue weighted by Crippen LogP contribution is 2.77. The maximum Gasteiger partial charge on any atom is 0.276 e. The summed E-state index contributed by atoms with van der Waals surface area (Å²) in [4.78, 5) is 2.77. The van der Waals surface area contributed by atoms with Crippen molar-refractivity contribution < 1.29 is 8.42 Å². The Bertz CT molecular complexity index is 749. The first kappa shape index (κ1) is 12.2. The monoisotopic (exact) mass is 302 g/mol. The third-order valence-electron chi connectivity index (χ3n) is 6.17. The normalized spacial score (nSPS) is 43.6. The number of fused-ring (bicyclic) bond motifs is 3. The number of benzene rings is 1. The van der Waals surface area contributed by atoms with Gasteiger partial charge in [0.25, 0.3) is 10.0 Å². The minimum Gasteiger partial charge on any atom is -0.200 e. The number of nitrogens with one attached hydrogen (secondary N) is 1. The summed E-state index contributed by atoms with van der Waals surface area (Å²) in [7, 11) is -3.53. The van der Waals surface area contributed by atoms with E-state index in [0.29, 0.717) is 11.8 Å². The van der Waals surface area contributed by atoms with E-state index in [1.807, 2.05) is 19.1 Å². The van der Waals surface area contributed by atoms with Crippen LogP contribution in [0.3, 0.4) is 0 Å². The fraction of sp³-hybridized carbons (Fsp3) is 0.562. The van der Waals surface area contributed by atoms with Crippen LogP contribution in [0, 0.1) is 42.4 Å². The molecule has 4 aliphatic rings. The Kier molecular flexibility index (Phi) is 2.15. The molecule has 1 N–H and O–H groups in total. The lowest BCUT2D eigenvalue weighted by molar-refractivity contribution is 0.392. The number of rotatable bonds is 3. The molecule has 4 nitrogen and oxygen atoms in total. The van der Waals surface area contributed by atoms with Gasteiger partial charge in [0.15, 0.2) is 0 Å². The van der Waals surface area contributed by atoms with Crippen LogP contribution < -0.4 is 4.83 Å². The first-order chi connectivity index (χ1) is 10.1. The lowest BCUT2D eigenvalue weighted by Gasteiger charge is -2.22. The molecule has 4 fully saturated rings. The van der Waals surface area contributed by atoms with E-state index in [4.69, 9.17) is 0 Å². The lowest BCUT2D eigenvalue weighted by Crippen LogP contribution is -2.27. The van der Waals surface area contributed by atoms with Crippen LogP contribution in [0.1, 0.15) is 18.4 Å². The van der Waals surface area contributed by atoms with Crippen molar-refractivity contribution in [2.45, 2.75) is 24.7 Å². The van der Waals surface area contributed by atoms with Gasteiger partial charge in [0.2, 0.25) is 0 Å². The van der Waals surface area contributed by atoms with Crippen molar-refractivity contribution in [1.29, 1.82) is 0 Å². The number of hydrogen-bond acceptors (Lipinski definition) is 3. The second kappa shape index (κ2) is 3.69. The molecule has 4 aliphatic carbocycles. The summed E-state index contributed by atoms with van der Waals surface area (Å²) in [5.74, 6) is 4.58. The zero-order valence-corrected chi connectivity index (χ0v) is 12.7. The van der Waals surface area contributed by atoms with Crippen molar-refractivity contribution in [3.63, 3.8) is 0 Å². The third kappa shape index (κ3) is 1.50. The van der Waals surface area contributed by atoms with Crippen molar-refractivity contribution in [1.82, 2.24) is 4.83 Å². The van der Waals surface area contributed by atoms with Crippen molar-refractivity contribution >= 4 is 15.7 Å². The highest BCUT2D eigenvalue weighted by Gasteiger charge is 2.76. The van der Waals surface area contributed by atoms with Gasteiger partial charge < -0.3 is 0 Å². The molecule has 0 saturated heterocycles. The molecule has 4 saturated carbocycles. The minimum atomic E-state index is -3.53. The summed E-state index contributed by atoms with van der Waals surface area (Å²) >= 11 is 0. The molecule has 0 amide bonds. The highest BCUT2D eigenvalue weighted by molar-refractivity contribution is 7.89. The highest BCUT2D eigenvalue weighted by atomic mass is 32.2. The standard InChI is InChI=1S/C16H18N2O2S/c1-8-2-4-10(5-3-8)21(19,20)18-17-16-12-7-9-6-11(12)14-13(9)15(14)16/h2-5,9,11-15,18H,6-7H2,1H3/b17-16-/t9-,11+,12-,13-,14-,15?/m0/s1. The largest absolute Gasteiger partial charge is 0.276 e. The minimum absolute atomic E-state index is 0.289. The summed E-state index contributed by atoms with van der Waals surface area (Å²) < 4.78 is 24.6. The van der Waals surface area contributed by atoms with Crippen LogP contribution in [0.5, 0.6) is 0 Å². The SMILES string of the molecule is Cc1ccc(S(=O)(=O)N/N=C2\C3[C@H]4[C@H]5C[C@@H]([C@H]34)[C@@H]2C5)cc1. The van der Waals surface area contributed by atoms with Gasteiger partial charge in [-0.05, 0) is 55.6 Å². The molecule has 1 aromatic carbocycles. The van der Waals surface area contributed by atoms with Crippen LogP contribution in [0.2, 0.25) is 0 Å². The van der Waals surface area contributed by atoms with Crippen LogP contribution in [0.25, 0.3) is 0 Å². The van der Waals surface area contributed by atoms with Crippen molar-refractivity contribution in [2.75, 3.05) is 0 Å². The van der Waals surface area contributed by atoms with E-state index >= 15 is 0 Å². The quantitative estimate of drug-likeness (QED) is 0.870. The molecule has 6 atom stereocenters. The number of hydrogen-bond donors (Lipinski definition) is 1. The molecule has 0 aromatic heterocycles. The zero-order chi connectivity index (χ0) is 14.4. The van der Waals surface area contributed by atoms with Gasteiger partial charge in [-0.15, -0.1) is 0 Å². The molecule has 1 aromatic rings. The van der Waals surface area contributed by atoms with Gasteiger partial charge in [-0.3, -0.25) is 0 Å². The molecule has 1 unspecified atom stereocenters. The Morgan fingerprint density at radius 2 is 1.90 bits per heavy atom. The van der Waals surface area contributed by atoms with Gasteiger partial charge in [-0.1, -0.05) is 17.7 Å². The fourth-order valence-electron chi connectivity index (χ4n) is 5.39. The van der Waals surface area contributed by atoms with Gasteiger partial charge in [0.05, 0.1) is 4.90 Å². The predicted octanol–water partition coefficient (Wildman–Crippen LogP) is 2.16. The van der Waals surface area contributed by atoms with E-state index in [1.165, 1.54) is 12.8 Å². The number of hydrazone groups is 1. The van der Waals surface area contributed by atoms with E-state index < -0.39 is 10.0 Å². The molecule has 110 valence electrons. The summed E-state index contributed by atoms with van der Waals surface area (Å²) in [6, 6.07) is 6.89. The lowest BCUT2D eigenvalue weighted by atomic mass is 9.84.